The Morgan fingerprint density at radius 3 is 2.58 bits per heavy atom. The molecule has 1 rings (SSSR count). The molecule has 12 heavy (non-hydrogen) atoms. The van der Waals surface area contributed by atoms with Crippen LogP contribution >= 0.6 is 11.6 Å². The van der Waals surface area contributed by atoms with Crippen molar-refractivity contribution >= 4 is 23.7 Å². The lowest BCUT2D eigenvalue weighted by molar-refractivity contribution is -0.105. The van der Waals surface area contributed by atoms with Crippen molar-refractivity contribution in [3.05, 3.63) is 28.3 Å². The highest BCUT2D eigenvalue weighted by Crippen LogP contribution is 2.23. The van der Waals surface area contributed by atoms with Crippen LogP contribution in [0.25, 0.3) is 0 Å². The van der Waals surface area contributed by atoms with E-state index in [0.29, 0.717) is 6.41 Å². The summed E-state index contributed by atoms with van der Waals surface area (Å²) in [5.41, 5.74) is 2.75. The fraction of sp³-hybridized carbons (Fsp3) is 0.222. The Labute approximate surface area is 76.5 Å². The maximum Gasteiger partial charge on any atom is 0.211 e. The van der Waals surface area contributed by atoms with Gasteiger partial charge in [-0.1, -0.05) is 11.6 Å². The second-order valence-corrected chi connectivity index (χ2v) is 3.09. The summed E-state index contributed by atoms with van der Waals surface area (Å²) in [5.74, 6) is 0. The van der Waals surface area contributed by atoms with Crippen LogP contribution < -0.4 is 5.32 Å². The molecule has 0 saturated carbocycles. The first kappa shape index (κ1) is 9.07. The molecular formula is C9H10ClNO. The molecule has 3 heteroatoms. The summed E-state index contributed by atoms with van der Waals surface area (Å²) in [6.07, 6.45) is 0.662. The second kappa shape index (κ2) is 3.59. The van der Waals surface area contributed by atoms with Crippen molar-refractivity contribution in [1.82, 2.24) is 0 Å². The van der Waals surface area contributed by atoms with Gasteiger partial charge in [-0.3, -0.25) is 4.79 Å². The zero-order chi connectivity index (χ0) is 9.14. The van der Waals surface area contributed by atoms with Crippen LogP contribution in [-0.4, -0.2) is 6.41 Å². The predicted octanol–water partition coefficient (Wildman–Crippen LogP) is 2.53. The van der Waals surface area contributed by atoms with E-state index in [4.69, 9.17) is 11.6 Å². The third-order valence-electron chi connectivity index (χ3n) is 1.72. The fourth-order valence-corrected chi connectivity index (χ4v) is 1.22. The summed E-state index contributed by atoms with van der Waals surface area (Å²) in [7, 11) is 0. The Kier molecular flexibility index (Phi) is 2.71. The molecule has 1 amide bonds. The van der Waals surface area contributed by atoms with Gasteiger partial charge in [-0.2, -0.15) is 0 Å². The van der Waals surface area contributed by atoms with Crippen LogP contribution in [0.15, 0.2) is 12.1 Å². The predicted molar refractivity (Wildman–Crippen MR) is 50.6 cm³/mol. The zero-order valence-corrected chi connectivity index (χ0v) is 7.77. The van der Waals surface area contributed by atoms with Crippen LogP contribution in [0.3, 0.4) is 0 Å². The van der Waals surface area contributed by atoms with Crippen LogP contribution in [0, 0.1) is 13.8 Å². The molecule has 2 nitrogen and oxygen atoms in total. The topological polar surface area (TPSA) is 29.1 Å². The van der Waals surface area contributed by atoms with Gasteiger partial charge >= 0.3 is 0 Å². The highest BCUT2D eigenvalue weighted by atomic mass is 35.5. The van der Waals surface area contributed by atoms with Crippen LogP contribution in [0.5, 0.6) is 0 Å². The summed E-state index contributed by atoms with van der Waals surface area (Å²) >= 11 is 5.87. The van der Waals surface area contributed by atoms with Crippen LogP contribution in [0.4, 0.5) is 5.69 Å². The van der Waals surface area contributed by atoms with Gasteiger partial charge in [-0.15, -0.1) is 0 Å². The minimum atomic E-state index is 0.662. The van der Waals surface area contributed by atoms with E-state index < -0.39 is 0 Å². The Morgan fingerprint density at radius 1 is 1.33 bits per heavy atom. The first-order chi connectivity index (χ1) is 5.65. The maximum atomic E-state index is 10.2. The third kappa shape index (κ3) is 1.77. The molecule has 1 aromatic rings. The van der Waals surface area contributed by atoms with Gasteiger partial charge in [-0.05, 0) is 37.1 Å². The lowest BCUT2D eigenvalue weighted by Gasteiger charge is -2.06. The molecule has 0 saturated heterocycles. The Balaban J connectivity index is 3.13. The number of amides is 1. The SMILES string of the molecule is Cc1cc(NC=O)c(C)cc1Cl. The Morgan fingerprint density at radius 2 is 2.00 bits per heavy atom. The van der Waals surface area contributed by atoms with Crippen molar-refractivity contribution in [3.8, 4) is 0 Å². The summed E-state index contributed by atoms with van der Waals surface area (Å²) in [6, 6.07) is 3.69. The minimum absolute atomic E-state index is 0.662. The molecule has 0 aromatic heterocycles. The summed E-state index contributed by atoms with van der Waals surface area (Å²) in [6.45, 7) is 3.80. The number of aryl methyl sites for hydroxylation is 2. The van der Waals surface area contributed by atoms with Gasteiger partial charge < -0.3 is 5.32 Å². The summed E-state index contributed by atoms with van der Waals surface area (Å²) in [5, 5.41) is 3.33. The molecule has 0 heterocycles. The summed E-state index contributed by atoms with van der Waals surface area (Å²) < 4.78 is 0. The molecule has 0 aliphatic rings. The lowest BCUT2D eigenvalue weighted by atomic mass is 10.1. The largest absolute Gasteiger partial charge is 0.328 e. The number of carbonyl (C=O) groups is 1. The molecule has 0 bridgehead atoms. The van der Waals surface area contributed by atoms with Crippen molar-refractivity contribution in [2.75, 3.05) is 5.32 Å². The number of anilines is 1. The molecular weight excluding hydrogens is 174 g/mol. The van der Waals surface area contributed by atoms with E-state index >= 15 is 0 Å². The zero-order valence-electron chi connectivity index (χ0n) is 7.02. The van der Waals surface area contributed by atoms with Crippen molar-refractivity contribution in [1.29, 1.82) is 0 Å². The van der Waals surface area contributed by atoms with Crippen molar-refractivity contribution in [3.63, 3.8) is 0 Å². The van der Waals surface area contributed by atoms with Gasteiger partial charge in [0.15, 0.2) is 0 Å². The number of carbonyl (C=O) groups excluding carboxylic acids is 1. The van der Waals surface area contributed by atoms with E-state index in [1.165, 1.54) is 0 Å². The molecule has 0 fully saturated rings. The van der Waals surface area contributed by atoms with Gasteiger partial charge in [0.05, 0.1) is 0 Å². The van der Waals surface area contributed by atoms with E-state index in [2.05, 4.69) is 5.32 Å². The van der Waals surface area contributed by atoms with Crippen molar-refractivity contribution in [2.45, 2.75) is 13.8 Å². The average Bonchev–Trinajstić information content (AvgIpc) is 2.01. The van der Waals surface area contributed by atoms with Gasteiger partial charge in [-0.25, -0.2) is 0 Å². The van der Waals surface area contributed by atoms with E-state index in [-0.39, 0.29) is 0 Å². The van der Waals surface area contributed by atoms with Gasteiger partial charge in [0, 0.05) is 10.7 Å². The Hall–Kier alpha value is -1.02. The number of hydrogen-bond donors (Lipinski definition) is 1. The van der Waals surface area contributed by atoms with Crippen molar-refractivity contribution in [2.24, 2.45) is 0 Å². The fourth-order valence-electron chi connectivity index (χ4n) is 1.000. The Bertz CT molecular complexity index is 310. The number of rotatable bonds is 2. The van der Waals surface area contributed by atoms with E-state index in [0.717, 1.165) is 21.8 Å². The molecule has 0 atom stereocenters. The summed E-state index contributed by atoms with van der Waals surface area (Å²) in [4.78, 5) is 10.2. The number of nitrogens with one attached hydrogen (secondary N) is 1. The number of halogens is 1. The maximum absolute atomic E-state index is 10.2. The molecule has 0 aliphatic heterocycles. The second-order valence-electron chi connectivity index (χ2n) is 2.68. The standard InChI is InChI=1S/C9H10ClNO/c1-6-4-9(11-5-12)7(2)3-8(6)10/h3-5H,1-2H3,(H,11,12). The quantitative estimate of drug-likeness (QED) is 0.702. The average molecular weight is 184 g/mol. The smallest absolute Gasteiger partial charge is 0.211 e. The third-order valence-corrected chi connectivity index (χ3v) is 2.13. The first-order valence-electron chi connectivity index (χ1n) is 3.62. The van der Waals surface area contributed by atoms with Crippen LogP contribution in [0.2, 0.25) is 5.02 Å². The first-order valence-corrected chi connectivity index (χ1v) is 4.00. The molecule has 0 spiro atoms. The molecule has 0 radical (unpaired) electrons. The molecule has 64 valence electrons. The monoisotopic (exact) mass is 183 g/mol. The highest BCUT2D eigenvalue weighted by molar-refractivity contribution is 6.31. The normalized spacial score (nSPS) is 9.58. The molecule has 0 aliphatic carbocycles. The highest BCUT2D eigenvalue weighted by Gasteiger charge is 2.00. The van der Waals surface area contributed by atoms with Gasteiger partial charge in [0.25, 0.3) is 0 Å². The van der Waals surface area contributed by atoms with Crippen LogP contribution in [-0.2, 0) is 4.79 Å². The molecule has 1 N–H and O–H groups in total. The molecule has 0 unspecified atom stereocenters. The minimum Gasteiger partial charge on any atom is -0.328 e. The van der Waals surface area contributed by atoms with E-state index in [9.17, 15) is 4.79 Å². The molecule has 1 aromatic carbocycles. The van der Waals surface area contributed by atoms with Gasteiger partial charge in [0.2, 0.25) is 6.41 Å². The number of hydrogen-bond acceptors (Lipinski definition) is 1. The van der Waals surface area contributed by atoms with Crippen LogP contribution in [0.1, 0.15) is 11.1 Å². The van der Waals surface area contributed by atoms with E-state index in [1.54, 1.807) is 0 Å². The lowest BCUT2D eigenvalue weighted by Crippen LogP contribution is -1.96. The number of benzene rings is 1. The van der Waals surface area contributed by atoms with E-state index in [1.807, 2.05) is 26.0 Å². The van der Waals surface area contributed by atoms with Crippen molar-refractivity contribution < 1.29 is 4.79 Å². The van der Waals surface area contributed by atoms with Gasteiger partial charge in [0.1, 0.15) is 0 Å².